The predicted octanol–water partition coefficient (Wildman–Crippen LogP) is 3.77. The molecule has 0 aliphatic carbocycles. The van der Waals surface area contributed by atoms with Crippen LogP contribution in [0.5, 0.6) is 5.88 Å². The Hall–Kier alpha value is -2.26. The molecule has 100 valence electrons. The van der Waals surface area contributed by atoms with E-state index in [0.717, 1.165) is 5.52 Å². The van der Waals surface area contributed by atoms with E-state index in [1.165, 1.54) is 0 Å². The molecule has 3 rings (SSSR count). The van der Waals surface area contributed by atoms with Gasteiger partial charge in [-0.25, -0.2) is 0 Å². The largest absolute Gasteiger partial charge is 0.494 e. The van der Waals surface area contributed by atoms with E-state index in [1.54, 1.807) is 54.1 Å². The Bertz CT molecular complexity index is 806. The molecule has 0 fully saturated rings. The highest BCUT2D eigenvalue weighted by Gasteiger charge is 2.22. The van der Waals surface area contributed by atoms with Crippen LogP contribution >= 0.6 is 11.6 Å². The number of halogens is 1. The molecule has 0 amide bonds. The number of nitrogens with zero attached hydrogens (tertiary/aromatic N) is 1. The summed E-state index contributed by atoms with van der Waals surface area (Å²) in [5, 5.41) is 11.4. The van der Waals surface area contributed by atoms with Gasteiger partial charge in [-0.1, -0.05) is 41.9 Å². The van der Waals surface area contributed by atoms with E-state index in [4.69, 9.17) is 11.6 Å². The van der Waals surface area contributed by atoms with Crippen LogP contribution < -0.4 is 0 Å². The molecule has 0 aliphatic heterocycles. The smallest absolute Gasteiger partial charge is 0.203 e. The molecule has 1 aromatic heterocycles. The summed E-state index contributed by atoms with van der Waals surface area (Å²) in [7, 11) is 1.72. The van der Waals surface area contributed by atoms with Crippen molar-refractivity contribution in [3.63, 3.8) is 0 Å². The van der Waals surface area contributed by atoms with Gasteiger partial charge in [0.25, 0.3) is 0 Å². The molecule has 0 atom stereocenters. The molecule has 1 heterocycles. The van der Waals surface area contributed by atoms with Gasteiger partial charge in [-0.2, -0.15) is 0 Å². The molecule has 4 heteroatoms. The van der Waals surface area contributed by atoms with Crippen LogP contribution in [0.3, 0.4) is 0 Å². The SMILES string of the molecule is Cn1c(O)c(C(=O)c2ccccc2)c2cc(Cl)ccc21. The number of rotatable bonds is 2. The fourth-order valence-electron chi connectivity index (χ4n) is 2.36. The molecule has 3 nitrogen and oxygen atoms in total. The van der Waals surface area contributed by atoms with Gasteiger partial charge in [0.1, 0.15) is 0 Å². The van der Waals surface area contributed by atoms with Crippen molar-refractivity contribution >= 4 is 28.3 Å². The lowest BCUT2D eigenvalue weighted by molar-refractivity contribution is 0.103. The summed E-state index contributed by atoms with van der Waals surface area (Å²) in [4.78, 5) is 12.6. The first-order chi connectivity index (χ1) is 9.59. The molecular formula is C16H12ClNO2. The first-order valence-corrected chi connectivity index (χ1v) is 6.54. The van der Waals surface area contributed by atoms with E-state index >= 15 is 0 Å². The second-order valence-electron chi connectivity index (χ2n) is 4.61. The number of fused-ring (bicyclic) bond motifs is 1. The van der Waals surface area contributed by atoms with Gasteiger partial charge in [-0.3, -0.25) is 4.79 Å². The van der Waals surface area contributed by atoms with E-state index in [0.29, 0.717) is 16.0 Å². The average molecular weight is 286 g/mol. The highest BCUT2D eigenvalue weighted by Crippen LogP contribution is 2.33. The molecule has 2 aromatic carbocycles. The summed E-state index contributed by atoms with van der Waals surface area (Å²) >= 11 is 6.00. The number of carbonyl (C=O) groups excluding carboxylic acids is 1. The molecule has 0 spiro atoms. The van der Waals surface area contributed by atoms with Crippen molar-refractivity contribution in [2.45, 2.75) is 0 Å². The molecule has 0 saturated carbocycles. The number of aromatic nitrogens is 1. The third-order valence-electron chi connectivity index (χ3n) is 3.39. The maximum atomic E-state index is 12.6. The number of aryl methyl sites for hydroxylation is 1. The van der Waals surface area contributed by atoms with E-state index in [9.17, 15) is 9.90 Å². The molecule has 0 aliphatic rings. The van der Waals surface area contributed by atoms with Gasteiger partial charge in [0, 0.05) is 23.0 Å². The highest BCUT2D eigenvalue weighted by molar-refractivity contribution is 6.32. The summed E-state index contributed by atoms with van der Waals surface area (Å²) in [6, 6.07) is 14.1. The van der Waals surface area contributed by atoms with Crippen LogP contribution in [0.25, 0.3) is 10.9 Å². The monoisotopic (exact) mass is 285 g/mol. The van der Waals surface area contributed by atoms with E-state index in [2.05, 4.69) is 0 Å². The van der Waals surface area contributed by atoms with Gasteiger partial charge >= 0.3 is 0 Å². The standard InChI is InChI=1S/C16H12ClNO2/c1-18-13-8-7-11(17)9-12(13)14(16(18)20)15(19)10-5-3-2-4-6-10/h2-9,20H,1H3. The Morgan fingerprint density at radius 3 is 2.55 bits per heavy atom. The molecule has 0 bridgehead atoms. The Morgan fingerprint density at radius 2 is 1.85 bits per heavy atom. The van der Waals surface area contributed by atoms with Crippen molar-refractivity contribution in [3.8, 4) is 5.88 Å². The zero-order valence-corrected chi connectivity index (χ0v) is 11.6. The Kier molecular flexibility index (Phi) is 2.99. The van der Waals surface area contributed by atoms with E-state index < -0.39 is 0 Å². The number of ketones is 1. The van der Waals surface area contributed by atoms with Crippen molar-refractivity contribution in [1.29, 1.82) is 0 Å². The Balaban J connectivity index is 2.28. The number of hydrogen-bond acceptors (Lipinski definition) is 2. The van der Waals surface area contributed by atoms with Crippen LogP contribution in [0, 0.1) is 0 Å². The maximum Gasteiger partial charge on any atom is 0.203 e. The van der Waals surface area contributed by atoms with Crippen molar-refractivity contribution in [1.82, 2.24) is 4.57 Å². The third kappa shape index (κ3) is 1.87. The quantitative estimate of drug-likeness (QED) is 0.728. The van der Waals surface area contributed by atoms with Gasteiger partial charge in [0.2, 0.25) is 5.88 Å². The van der Waals surface area contributed by atoms with Gasteiger partial charge in [0.15, 0.2) is 5.78 Å². The van der Waals surface area contributed by atoms with Gasteiger partial charge < -0.3 is 9.67 Å². The molecule has 0 saturated heterocycles. The van der Waals surface area contributed by atoms with Crippen molar-refractivity contribution < 1.29 is 9.90 Å². The summed E-state index contributed by atoms with van der Waals surface area (Å²) in [5.74, 6) is -0.257. The Morgan fingerprint density at radius 1 is 1.15 bits per heavy atom. The molecule has 3 aromatic rings. The highest BCUT2D eigenvalue weighted by atomic mass is 35.5. The minimum atomic E-state index is -0.212. The van der Waals surface area contributed by atoms with Crippen molar-refractivity contribution in [3.05, 3.63) is 64.7 Å². The lowest BCUT2D eigenvalue weighted by Gasteiger charge is -2.01. The predicted molar refractivity (Wildman–Crippen MR) is 79.5 cm³/mol. The molecule has 0 radical (unpaired) electrons. The van der Waals surface area contributed by atoms with E-state index in [-0.39, 0.29) is 17.2 Å². The van der Waals surface area contributed by atoms with Crippen molar-refractivity contribution in [2.24, 2.45) is 7.05 Å². The van der Waals surface area contributed by atoms with Gasteiger partial charge in [-0.15, -0.1) is 0 Å². The molecule has 1 N–H and O–H groups in total. The minimum absolute atomic E-state index is 0.0453. The average Bonchev–Trinajstić information content (AvgIpc) is 2.71. The van der Waals surface area contributed by atoms with Crippen LogP contribution in [0.2, 0.25) is 5.02 Å². The Labute approximate surface area is 121 Å². The molecular weight excluding hydrogens is 274 g/mol. The van der Waals surface area contributed by atoms with Crippen LogP contribution in [0.4, 0.5) is 0 Å². The summed E-state index contributed by atoms with van der Waals surface area (Å²) in [6.45, 7) is 0. The first-order valence-electron chi connectivity index (χ1n) is 6.16. The van der Waals surface area contributed by atoms with E-state index in [1.807, 2.05) is 6.07 Å². The zero-order valence-electron chi connectivity index (χ0n) is 10.8. The number of aromatic hydroxyl groups is 1. The fraction of sp³-hybridized carbons (Fsp3) is 0.0625. The second-order valence-corrected chi connectivity index (χ2v) is 5.05. The zero-order chi connectivity index (χ0) is 14.3. The molecule has 0 unspecified atom stereocenters. The summed E-state index contributed by atoms with van der Waals surface area (Å²) in [6.07, 6.45) is 0. The van der Waals surface area contributed by atoms with Gasteiger partial charge in [-0.05, 0) is 18.2 Å². The minimum Gasteiger partial charge on any atom is -0.494 e. The second kappa shape index (κ2) is 4.69. The van der Waals surface area contributed by atoms with Crippen LogP contribution in [0.15, 0.2) is 48.5 Å². The first kappa shape index (κ1) is 12.8. The summed E-state index contributed by atoms with van der Waals surface area (Å²) < 4.78 is 1.59. The topological polar surface area (TPSA) is 42.2 Å². The number of carbonyl (C=O) groups is 1. The number of hydrogen-bond donors (Lipinski definition) is 1. The normalized spacial score (nSPS) is 10.9. The van der Waals surface area contributed by atoms with Crippen LogP contribution in [0.1, 0.15) is 15.9 Å². The number of benzene rings is 2. The lowest BCUT2D eigenvalue weighted by atomic mass is 10.0. The maximum absolute atomic E-state index is 12.6. The lowest BCUT2D eigenvalue weighted by Crippen LogP contribution is -2.00. The van der Waals surface area contributed by atoms with Crippen LogP contribution in [-0.4, -0.2) is 15.5 Å². The summed E-state index contributed by atoms with van der Waals surface area (Å²) in [5.41, 5.74) is 1.60. The molecule has 20 heavy (non-hydrogen) atoms. The fourth-order valence-corrected chi connectivity index (χ4v) is 2.53. The van der Waals surface area contributed by atoms with Gasteiger partial charge in [0.05, 0.1) is 11.1 Å². The third-order valence-corrected chi connectivity index (χ3v) is 3.63. The van der Waals surface area contributed by atoms with Crippen molar-refractivity contribution in [2.75, 3.05) is 0 Å². The van der Waals surface area contributed by atoms with Crippen LogP contribution in [-0.2, 0) is 7.05 Å².